The summed E-state index contributed by atoms with van der Waals surface area (Å²) in [6.07, 6.45) is 2.03. The van der Waals surface area contributed by atoms with Gasteiger partial charge in [0, 0.05) is 24.9 Å². The molecule has 0 aliphatic rings. The zero-order valence-corrected chi connectivity index (χ0v) is 9.79. The lowest BCUT2D eigenvalue weighted by atomic mass is 10.2. The van der Waals surface area contributed by atoms with Crippen molar-refractivity contribution in [3.8, 4) is 5.75 Å². The predicted molar refractivity (Wildman–Crippen MR) is 64.8 cm³/mol. The summed E-state index contributed by atoms with van der Waals surface area (Å²) >= 11 is 1.75. The van der Waals surface area contributed by atoms with E-state index in [4.69, 9.17) is 0 Å². The largest absolute Gasteiger partial charge is 0.502 e. The van der Waals surface area contributed by atoms with Gasteiger partial charge < -0.3 is 10.4 Å². The molecule has 88 valence electrons. The van der Waals surface area contributed by atoms with Crippen molar-refractivity contribution in [2.75, 3.05) is 18.6 Å². The molecule has 0 saturated carbocycles. The Morgan fingerprint density at radius 3 is 2.88 bits per heavy atom. The lowest BCUT2D eigenvalue weighted by Gasteiger charge is -2.04. The number of rotatable bonds is 6. The zero-order chi connectivity index (χ0) is 12.0. The highest BCUT2D eigenvalue weighted by Gasteiger charge is 2.12. The highest BCUT2D eigenvalue weighted by Crippen LogP contribution is 2.25. The van der Waals surface area contributed by atoms with Gasteiger partial charge >= 0.3 is 5.69 Å². The van der Waals surface area contributed by atoms with Crippen molar-refractivity contribution < 1.29 is 10.0 Å². The highest BCUT2D eigenvalue weighted by molar-refractivity contribution is 7.98. The van der Waals surface area contributed by atoms with Crippen LogP contribution in [0.5, 0.6) is 5.75 Å². The van der Waals surface area contributed by atoms with Gasteiger partial charge in [-0.3, -0.25) is 10.1 Å². The van der Waals surface area contributed by atoms with E-state index in [1.165, 1.54) is 12.1 Å². The summed E-state index contributed by atoms with van der Waals surface area (Å²) in [4.78, 5) is 9.86. The summed E-state index contributed by atoms with van der Waals surface area (Å²) in [6, 6.07) is 4.38. The molecule has 1 aromatic rings. The second-order valence-electron chi connectivity index (χ2n) is 3.25. The average Bonchev–Trinajstić information content (AvgIpc) is 2.24. The fourth-order valence-electron chi connectivity index (χ4n) is 1.24. The molecule has 2 N–H and O–H groups in total. The normalized spacial score (nSPS) is 10.3. The molecule has 0 aliphatic heterocycles. The van der Waals surface area contributed by atoms with Gasteiger partial charge in [-0.2, -0.15) is 11.8 Å². The number of benzene rings is 1. The summed E-state index contributed by atoms with van der Waals surface area (Å²) in [7, 11) is 0. The molecule has 6 heteroatoms. The van der Waals surface area contributed by atoms with E-state index >= 15 is 0 Å². The van der Waals surface area contributed by atoms with Crippen LogP contribution in [-0.2, 0) is 6.54 Å². The van der Waals surface area contributed by atoms with E-state index < -0.39 is 4.92 Å². The lowest BCUT2D eigenvalue weighted by Crippen LogP contribution is -2.16. The number of hydrogen-bond donors (Lipinski definition) is 2. The first-order valence-corrected chi connectivity index (χ1v) is 6.20. The van der Waals surface area contributed by atoms with Crippen molar-refractivity contribution in [1.82, 2.24) is 5.32 Å². The van der Waals surface area contributed by atoms with Crippen LogP contribution >= 0.6 is 11.8 Å². The number of thioether (sulfide) groups is 1. The Hall–Kier alpha value is -1.27. The van der Waals surface area contributed by atoms with Crippen molar-refractivity contribution in [2.45, 2.75) is 6.54 Å². The van der Waals surface area contributed by atoms with Gasteiger partial charge in [0.15, 0.2) is 5.75 Å². The van der Waals surface area contributed by atoms with E-state index in [1.54, 1.807) is 17.8 Å². The Morgan fingerprint density at radius 2 is 2.31 bits per heavy atom. The highest BCUT2D eigenvalue weighted by atomic mass is 32.2. The number of nitro groups is 1. The molecule has 0 spiro atoms. The van der Waals surface area contributed by atoms with Gasteiger partial charge in [-0.15, -0.1) is 0 Å². The third-order valence-corrected chi connectivity index (χ3v) is 2.66. The monoisotopic (exact) mass is 242 g/mol. The van der Waals surface area contributed by atoms with Gasteiger partial charge in [-0.25, -0.2) is 0 Å². The Bertz CT molecular complexity index is 371. The van der Waals surface area contributed by atoms with Crippen LogP contribution in [0.25, 0.3) is 0 Å². The quantitative estimate of drug-likeness (QED) is 0.451. The topological polar surface area (TPSA) is 75.4 Å². The molecular formula is C10H14N2O3S. The van der Waals surface area contributed by atoms with Crippen LogP contribution in [0.1, 0.15) is 5.56 Å². The molecule has 0 aliphatic carbocycles. The number of hydrogen-bond acceptors (Lipinski definition) is 5. The Morgan fingerprint density at radius 1 is 1.56 bits per heavy atom. The van der Waals surface area contributed by atoms with Gasteiger partial charge in [-0.05, 0) is 17.9 Å². The third-order valence-electron chi connectivity index (χ3n) is 2.05. The van der Waals surface area contributed by atoms with E-state index in [9.17, 15) is 15.2 Å². The maximum atomic E-state index is 10.5. The molecule has 0 bridgehead atoms. The minimum atomic E-state index is -0.597. The molecule has 0 saturated heterocycles. The van der Waals surface area contributed by atoms with Crippen molar-refractivity contribution >= 4 is 17.4 Å². The summed E-state index contributed by atoms with van der Waals surface area (Å²) in [5, 5.41) is 23.0. The third kappa shape index (κ3) is 3.71. The van der Waals surface area contributed by atoms with Crippen molar-refractivity contribution in [1.29, 1.82) is 0 Å². The van der Waals surface area contributed by atoms with Crippen LogP contribution in [0.3, 0.4) is 0 Å². The second-order valence-corrected chi connectivity index (χ2v) is 4.24. The fourth-order valence-corrected chi connectivity index (χ4v) is 1.59. The molecule has 1 aromatic carbocycles. The van der Waals surface area contributed by atoms with Crippen LogP contribution in [0.2, 0.25) is 0 Å². The standard InChI is InChI=1S/C10H14N2O3S/c1-16-5-4-11-7-8-2-3-9(12(14)15)10(13)6-8/h2-3,6,11,13H,4-5,7H2,1H3. The molecular weight excluding hydrogens is 228 g/mol. The number of phenols is 1. The summed E-state index contributed by atoms with van der Waals surface area (Å²) < 4.78 is 0. The van der Waals surface area contributed by atoms with Crippen LogP contribution < -0.4 is 5.32 Å². The van der Waals surface area contributed by atoms with Gasteiger partial charge in [0.05, 0.1) is 4.92 Å². The van der Waals surface area contributed by atoms with Gasteiger partial charge in [0.2, 0.25) is 0 Å². The summed E-state index contributed by atoms with van der Waals surface area (Å²) in [6.45, 7) is 1.48. The first-order valence-electron chi connectivity index (χ1n) is 4.81. The minimum absolute atomic E-state index is 0.257. The molecule has 0 heterocycles. The average molecular weight is 242 g/mol. The zero-order valence-electron chi connectivity index (χ0n) is 8.97. The predicted octanol–water partition coefficient (Wildman–Crippen LogP) is 1.75. The smallest absolute Gasteiger partial charge is 0.310 e. The van der Waals surface area contributed by atoms with E-state index in [0.29, 0.717) is 6.54 Å². The van der Waals surface area contributed by atoms with E-state index in [1.807, 2.05) is 6.26 Å². The Kier molecular flexibility index (Phi) is 5.07. The molecule has 1 rings (SSSR count). The van der Waals surface area contributed by atoms with Gasteiger partial charge in [0.1, 0.15) is 0 Å². The van der Waals surface area contributed by atoms with Crippen LogP contribution in [-0.4, -0.2) is 28.6 Å². The SMILES string of the molecule is CSCCNCc1ccc([N+](=O)[O-])c(O)c1. The number of nitrogens with one attached hydrogen (secondary N) is 1. The lowest BCUT2D eigenvalue weighted by molar-refractivity contribution is -0.385. The molecule has 0 fully saturated rings. The summed E-state index contributed by atoms with van der Waals surface area (Å²) in [5.74, 6) is 0.730. The molecule has 16 heavy (non-hydrogen) atoms. The van der Waals surface area contributed by atoms with Crippen molar-refractivity contribution in [2.24, 2.45) is 0 Å². The van der Waals surface area contributed by atoms with Gasteiger partial charge in [0.25, 0.3) is 0 Å². The Balaban J connectivity index is 2.56. The fraction of sp³-hybridized carbons (Fsp3) is 0.400. The van der Waals surface area contributed by atoms with E-state index in [2.05, 4.69) is 5.32 Å². The van der Waals surface area contributed by atoms with Crippen LogP contribution in [0, 0.1) is 10.1 Å². The first kappa shape index (κ1) is 12.8. The molecule has 0 aromatic heterocycles. The number of nitrogens with zero attached hydrogens (tertiary/aromatic N) is 1. The van der Waals surface area contributed by atoms with Crippen molar-refractivity contribution in [3.05, 3.63) is 33.9 Å². The number of phenolic OH excluding ortho intramolecular Hbond substituents is 1. The first-order chi connectivity index (χ1) is 7.65. The number of nitro benzene ring substituents is 1. The van der Waals surface area contributed by atoms with E-state index in [0.717, 1.165) is 17.9 Å². The number of aromatic hydroxyl groups is 1. The molecule has 0 radical (unpaired) electrons. The van der Waals surface area contributed by atoms with Crippen LogP contribution in [0.4, 0.5) is 5.69 Å². The molecule has 0 atom stereocenters. The van der Waals surface area contributed by atoms with Crippen molar-refractivity contribution in [3.63, 3.8) is 0 Å². The summed E-state index contributed by atoms with van der Waals surface area (Å²) in [5.41, 5.74) is 0.581. The van der Waals surface area contributed by atoms with E-state index in [-0.39, 0.29) is 11.4 Å². The molecule has 0 unspecified atom stereocenters. The molecule has 0 amide bonds. The second kappa shape index (κ2) is 6.34. The Labute approximate surface area is 98.0 Å². The maximum absolute atomic E-state index is 10.5. The molecule has 5 nitrogen and oxygen atoms in total. The maximum Gasteiger partial charge on any atom is 0.310 e. The minimum Gasteiger partial charge on any atom is -0.502 e. The van der Waals surface area contributed by atoms with Gasteiger partial charge in [-0.1, -0.05) is 6.07 Å². The van der Waals surface area contributed by atoms with Crippen LogP contribution in [0.15, 0.2) is 18.2 Å².